The van der Waals surface area contributed by atoms with E-state index in [9.17, 15) is 9.59 Å². The smallest absolute Gasteiger partial charge is 0.256 e. The first kappa shape index (κ1) is 22.5. The normalized spacial score (nSPS) is 18.2. The Bertz CT molecular complexity index is 1390. The molecule has 1 aliphatic heterocycles. The molecule has 2 fully saturated rings. The van der Waals surface area contributed by atoms with Crippen molar-refractivity contribution in [3.63, 3.8) is 0 Å². The number of carbonyl (C=O) groups excluding carboxylic acids is 2. The molecule has 2 amide bonds. The van der Waals surface area contributed by atoms with Gasteiger partial charge in [-0.05, 0) is 55.5 Å². The maximum Gasteiger partial charge on any atom is 0.256 e. The van der Waals surface area contributed by atoms with E-state index in [2.05, 4.69) is 20.5 Å². The van der Waals surface area contributed by atoms with E-state index in [1.165, 1.54) is 0 Å². The molecule has 9 nitrogen and oxygen atoms in total. The van der Waals surface area contributed by atoms with Crippen LogP contribution in [0.3, 0.4) is 0 Å². The number of carbonyl (C=O) groups is 2. The molecule has 0 bridgehead atoms. The minimum absolute atomic E-state index is 0.00358. The summed E-state index contributed by atoms with van der Waals surface area (Å²) >= 11 is 0. The molecule has 9 heteroatoms. The van der Waals surface area contributed by atoms with Crippen LogP contribution in [-0.2, 0) is 6.54 Å². The summed E-state index contributed by atoms with van der Waals surface area (Å²) in [5.74, 6) is -0.133. The highest BCUT2D eigenvalue weighted by Crippen LogP contribution is 2.33. The average Bonchev–Trinajstić information content (AvgIpc) is 3.71. The summed E-state index contributed by atoms with van der Waals surface area (Å²) in [6.07, 6.45) is 13.0. The number of nitrogens with one attached hydrogen (secondary N) is 1. The zero-order chi connectivity index (χ0) is 24.5. The van der Waals surface area contributed by atoms with Crippen molar-refractivity contribution in [2.24, 2.45) is 0 Å². The zero-order valence-electron chi connectivity index (χ0n) is 20.1. The third-order valence-corrected chi connectivity index (χ3v) is 7.30. The first-order valence-corrected chi connectivity index (χ1v) is 12.7. The third-order valence-electron chi connectivity index (χ3n) is 7.30. The molecule has 3 aromatic heterocycles. The van der Waals surface area contributed by atoms with Crippen molar-refractivity contribution in [1.82, 2.24) is 34.6 Å². The molecule has 2 aliphatic rings. The van der Waals surface area contributed by atoms with Gasteiger partial charge >= 0.3 is 0 Å². The highest BCUT2D eigenvalue weighted by atomic mass is 16.2. The molecule has 0 spiro atoms. The van der Waals surface area contributed by atoms with Gasteiger partial charge in [0.1, 0.15) is 5.56 Å². The number of fused-ring (bicyclic) bond motifs is 1. The molecule has 1 aliphatic carbocycles. The van der Waals surface area contributed by atoms with Gasteiger partial charge in [0.15, 0.2) is 5.65 Å². The van der Waals surface area contributed by atoms with E-state index in [0.29, 0.717) is 29.9 Å². The fraction of sp³-hybridized carbons (Fsp3) is 0.370. The van der Waals surface area contributed by atoms with E-state index >= 15 is 0 Å². The van der Waals surface area contributed by atoms with E-state index in [1.54, 1.807) is 23.1 Å². The second kappa shape index (κ2) is 9.56. The van der Waals surface area contributed by atoms with Gasteiger partial charge in [-0.25, -0.2) is 9.50 Å². The van der Waals surface area contributed by atoms with E-state index in [0.717, 1.165) is 49.8 Å². The number of nitrogens with zero attached hydrogens (tertiary/aromatic N) is 6. The first-order chi connectivity index (χ1) is 17.7. The number of aromatic nitrogens is 5. The zero-order valence-corrected chi connectivity index (χ0v) is 20.1. The molecule has 1 aromatic carbocycles. The van der Waals surface area contributed by atoms with Crippen molar-refractivity contribution < 1.29 is 9.59 Å². The molecule has 4 aromatic rings. The Balaban J connectivity index is 1.25. The second-order valence-electron chi connectivity index (χ2n) is 9.68. The van der Waals surface area contributed by atoms with Gasteiger partial charge in [-0.3, -0.25) is 14.3 Å². The van der Waals surface area contributed by atoms with Gasteiger partial charge < -0.3 is 10.2 Å². The van der Waals surface area contributed by atoms with Crippen molar-refractivity contribution >= 4 is 17.5 Å². The van der Waals surface area contributed by atoms with Crippen LogP contribution in [0.1, 0.15) is 76.5 Å². The molecular weight excluding hydrogens is 454 g/mol. The van der Waals surface area contributed by atoms with Crippen LogP contribution in [0.25, 0.3) is 5.65 Å². The van der Waals surface area contributed by atoms with Gasteiger partial charge in [-0.15, -0.1) is 0 Å². The Morgan fingerprint density at radius 1 is 1.00 bits per heavy atom. The van der Waals surface area contributed by atoms with Gasteiger partial charge in [-0.2, -0.15) is 10.2 Å². The van der Waals surface area contributed by atoms with Crippen molar-refractivity contribution in [2.75, 3.05) is 6.54 Å². The van der Waals surface area contributed by atoms with E-state index in [4.69, 9.17) is 0 Å². The predicted octanol–water partition coefficient (Wildman–Crippen LogP) is 3.62. The Morgan fingerprint density at radius 2 is 1.89 bits per heavy atom. The number of benzene rings is 1. The highest BCUT2D eigenvalue weighted by molar-refractivity contribution is 6.00. The lowest BCUT2D eigenvalue weighted by atomic mass is 10.1. The van der Waals surface area contributed by atoms with Crippen molar-refractivity contribution in [1.29, 1.82) is 0 Å². The quantitative estimate of drug-likeness (QED) is 0.452. The van der Waals surface area contributed by atoms with Gasteiger partial charge in [0.05, 0.1) is 24.5 Å². The topological polar surface area (TPSA) is 97.4 Å². The van der Waals surface area contributed by atoms with Crippen LogP contribution in [0.5, 0.6) is 0 Å². The summed E-state index contributed by atoms with van der Waals surface area (Å²) in [6, 6.07) is 11.6. The Morgan fingerprint density at radius 3 is 2.72 bits per heavy atom. The molecule has 1 atom stereocenters. The number of rotatable bonds is 6. The molecule has 4 heterocycles. The minimum Gasteiger partial charge on any atom is -0.349 e. The molecule has 1 saturated heterocycles. The molecule has 184 valence electrons. The first-order valence-electron chi connectivity index (χ1n) is 12.7. The van der Waals surface area contributed by atoms with Crippen LogP contribution in [0, 0.1) is 0 Å². The summed E-state index contributed by atoms with van der Waals surface area (Å²) in [5, 5.41) is 11.9. The molecule has 6 rings (SSSR count). The average molecular weight is 484 g/mol. The number of amides is 2. The largest absolute Gasteiger partial charge is 0.349 e. The predicted molar refractivity (Wildman–Crippen MR) is 133 cm³/mol. The monoisotopic (exact) mass is 483 g/mol. The summed E-state index contributed by atoms with van der Waals surface area (Å²) in [7, 11) is 0. The van der Waals surface area contributed by atoms with Crippen LogP contribution in [0.2, 0.25) is 0 Å². The Labute approximate surface area is 209 Å². The lowest BCUT2D eigenvalue weighted by Crippen LogP contribution is -2.33. The van der Waals surface area contributed by atoms with Crippen molar-refractivity contribution in [3.05, 3.63) is 83.6 Å². The fourth-order valence-electron chi connectivity index (χ4n) is 5.52. The maximum atomic E-state index is 13.6. The number of likely N-dealkylation sites (tertiary alicyclic amines) is 1. The highest BCUT2D eigenvalue weighted by Gasteiger charge is 2.33. The molecule has 1 N–H and O–H groups in total. The van der Waals surface area contributed by atoms with Gasteiger partial charge in [-0.1, -0.05) is 25.0 Å². The molecule has 0 unspecified atom stereocenters. The maximum absolute atomic E-state index is 13.6. The second-order valence-corrected chi connectivity index (χ2v) is 9.68. The number of hydrogen-bond acceptors (Lipinski definition) is 5. The Hall–Kier alpha value is -4.01. The summed E-state index contributed by atoms with van der Waals surface area (Å²) in [4.78, 5) is 32.9. The van der Waals surface area contributed by atoms with Crippen LogP contribution < -0.4 is 5.32 Å². The van der Waals surface area contributed by atoms with Gasteiger partial charge in [0.25, 0.3) is 11.8 Å². The minimum atomic E-state index is -0.136. The van der Waals surface area contributed by atoms with E-state index in [-0.39, 0.29) is 23.9 Å². The van der Waals surface area contributed by atoms with Crippen LogP contribution >= 0.6 is 0 Å². The number of hydrogen-bond donors (Lipinski definition) is 1. The Kier molecular flexibility index (Phi) is 5.96. The summed E-state index contributed by atoms with van der Waals surface area (Å²) in [6.45, 7) is 1.29. The van der Waals surface area contributed by atoms with Crippen LogP contribution in [0.15, 0.2) is 61.2 Å². The summed E-state index contributed by atoms with van der Waals surface area (Å²) < 4.78 is 3.57. The van der Waals surface area contributed by atoms with E-state index in [1.807, 2.05) is 52.2 Å². The molecule has 1 saturated carbocycles. The van der Waals surface area contributed by atoms with Crippen LogP contribution in [0.4, 0.5) is 0 Å². The fourth-order valence-corrected chi connectivity index (χ4v) is 5.52. The molecule has 36 heavy (non-hydrogen) atoms. The molecule has 0 radical (unpaired) electrons. The standard InChI is InChI=1S/C27H29N7O2/c35-26(31-21-8-1-2-9-21)22-17-30-34-24(11-13-28-25(22)34)23-10-4-15-33(23)27(36)20-7-3-6-19(16-20)18-32-14-5-12-29-32/h3,5-7,11-14,16-17,21,23H,1-2,4,8-10,15,18H2,(H,31,35)/t23-/m0/s1. The third kappa shape index (κ3) is 4.25. The van der Waals surface area contributed by atoms with Gasteiger partial charge in [0, 0.05) is 36.7 Å². The van der Waals surface area contributed by atoms with E-state index < -0.39 is 0 Å². The van der Waals surface area contributed by atoms with Crippen LogP contribution in [-0.4, -0.2) is 53.7 Å². The van der Waals surface area contributed by atoms with Crippen molar-refractivity contribution in [2.45, 2.75) is 57.2 Å². The molecular formula is C27H29N7O2. The van der Waals surface area contributed by atoms with Gasteiger partial charge in [0.2, 0.25) is 0 Å². The lowest BCUT2D eigenvalue weighted by Gasteiger charge is -2.25. The SMILES string of the molecule is O=C(NC1CCCC1)c1cnn2c([C@@H]3CCCN3C(=O)c3cccc(Cn4cccn4)c3)ccnc12. The lowest BCUT2D eigenvalue weighted by molar-refractivity contribution is 0.0731. The van der Waals surface area contributed by atoms with Crippen molar-refractivity contribution in [3.8, 4) is 0 Å². The summed E-state index contributed by atoms with van der Waals surface area (Å²) in [5.41, 5.74) is 3.57.